The molecule has 2 aromatic rings. The van der Waals surface area contributed by atoms with Gasteiger partial charge >= 0.3 is 0 Å². The third-order valence-electron chi connectivity index (χ3n) is 2.28. The molecule has 2 aromatic carbocycles. The molecule has 0 aromatic heterocycles. The van der Waals surface area contributed by atoms with Gasteiger partial charge in [-0.05, 0) is 46.9 Å². The van der Waals surface area contributed by atoms with Crippen molar-refractivity contribution in [3.63, 3.8) is 0 Å². The van der Waals surface area contributed by atoms with Crippen molar-refractivity contribution in [3.8, 4) is 0 Å². The van der Waals surface area contributed by atoms with E-state index in [4.69, 9.17) is 24.6 Å². The van der Waals surface area contributed by atoms with E-state index >= 15 is 0 Å². The summed E-state index contributed by atoms with van der Waals surface area (Å²) in [4.78, 5) is 5.92. The molecule has 4 N–H and O–H groups in total. The Kier molecular flexibility index (Phi) is 5.88. The molecule has 21 heavy (non-hydrogen) atoms. The van der Waals surface area contributed by atoms with Crippen molar-refractivity contribution in [1.29, 1.82) is 0 Å². The largest absolute Gasteiger partial charge is 0.399 e. The molecule has 0 unspecified atom stereocenters. The van der Waals surface area contributed by atoms with Crippen LogP contribution in [-0.4, -0.2) is 0 Å². The highest BCUT2D eigenvalue weighted by Crippen LogP contribution is 2.25. The Bertz CT molecular complexity index is 748. The number of nitrogens with two attached hydrogens (primary N) is 2. The number of nitrogens with zero attached hydrogens (tertiary/aromatic N) is 2. The normalized spacial score (nSPS) is 9.00. The quantitative estimate of drug-likeness (QED) is 0.390. The monoisotopic (exact) mass is 398 g/mol. The van der Waals surface area contributed by atoms with Crippen molar-refractivity contribution in [2.75, 3.05) is 11.5 Å². The average molecular weight is 398 g/mol. The third kappa shape index (κ3) is 4.58. The first kappa shape index (κ1) is 16.7. The molecule has 0 saturated carbocycles. The van der Waals surface area contributed by atoms with E-state index in [1.807, 2.05) is 22.6 Å². The average Bonchev–Trinajstić information content (AvgIpc) is 2.44. The van der Waals surface area contributed by atoms with E-state index in [0.717, 1.165) is 12.1 Å². The Morgan fingerprint density at radius 3 is 2.00 bits per heavy atom. The summed E-state index contributed by atoms with van der Waals surface area (Å²) < 4.78 is 26.0. The lowest BCUT2D eigenvalue weighted by molar-refractivity contribution is 0.634. The van der Waals surface area contributed by atoms with Gasteiger partial charge in [0, 0.05) is 14.9 Å². The molecule has 7 heteroatoms. The zero-order valence-electron chi connectivity index (χ0n) is 10.6. The highest BCUT2D eigenvalue weighted by atomic mass is 127. The fourth-order valence-electron chi connectivity index (χ4n) is 1.25. The van der Waals surface area contributed by atoms with Crippen LogP contribution in [0.25, 0.3) is 9.69 Å². The lowest BCUT2D eigenvalue weighted by Crippen LogP contribution is -1.89. The van der Waals surface area contributed by atoms with E-state index in [0.29, 0.717) is 14.9 Å². The lowest BCUT2D eigenvalue weighted by atomic mass is 10.3. The molecule has 106 valence electrons. The first-order valence-electron chi connectivity index (χ1n) is 5.43. The van der Waals surface area contributed by atoms with Gasteiger partial charge in [0.1, 0.15) is 11.6 Å². The van der Waals surface area contributed by atoms with Crippen LogP contribution in [0.15, 0.2) is 30.3 Å². The Morgan fingerprint density at radius 1 is 0.905 bits per heavy atom. The minimum Gasteiger partial charge on any atom is -0.399 e. The summed E-state index contributed by atoms with van der Waals surface area (Å²) in [6.07, 6.45) is 0. The molecule has 2 rings (SSSR count). The van der Waals surface area contributed by atoms with Crippen LogP contribution in [-0.2, 0) is 0 Å². The maximum atomic E-state index is 12.7. The molecule has 0 aliphatic heterocycles. The van der Waals surface area contributed by atoms with Crippen LogP contribution in [0.2, 0.25) is 0 Å². The smallest absolute Gasteiger partial charge is 0.223 e. The van der Waals surface area contributed by atoms with Crippen molar-refractivity contribution in [2.45, 2.75) is 0 Å². The summed E-state index contributed by atoms with van der Waals surface area (Å²) in [6, 6.07) is 6.58. The van der Waals surface area contributed by atoms with E-state index in [9.17, 15) is 8.78 Å². The van der Waals surface area contributed by atoms with Crippen molar-refractivity contribution < 1.29 is 8.78 Å². The van der Waals surface area contributed by atoms with Gasteiger partial charge in [-0.25, -0.2) is 18.5 Å². The van der Waals surface area contributed by atoms with Crippen LogP contribution in [0.4, 0.5) is 31.5 Å². The fraction of sp³-hybridized carbons (Fsp3) is 0. The molecular formula is C14H9F2IN4. The van der Waals surface area contributed by atoms with Gasteiger partial charge in [-0.15, -0.1) is 0 Å². The second-order valence-corrected chi connectivity index (χ2v) is 4.92. The number of rotatable bonds is 0. The molecular weight excluding hydrogens is 389 g/mol. The van der Waals surface area contributed by atoms with E-state index in [-0.39, 0.29) is 11.4 Å². The van der Waals surface area contributed by atoms with Gasteiger partial charge in [0.05, 0.1) is 13.1 Å². The highest BCUT2D eigenvalue weighted by Gasteiger charge is 2.04. The number of nitrogen functional groups attached to an aromatic ring is 2. The van der Waals surface area contributed by atoms with Crippen molar-refractivity contribution in [3.05, 3.63) is 68.4 Å². The van der Waals surface area contributed by atoms with Crippen molar-refractivity contribution in [2.24, 2.45) is 0 Å². The number of anilines is 2. The highest BCUT2D eigenvalue weighted by molar-refractivity contribution is 14.1. The van der Waals surface area contributed by atoms with E-state index in [1.54, 1.807) is 0 Å². The summed E-state index contributed by atoms with van der Waals surface area (Å²) in [6.45, 7) is 13.1. The lowest BCUT2D eigenvalue weighted by Gasteiger charge is -1.98. The first-order chi connectivity index (χ1) is 9.88. The summed E-state index contributed by atoms with van der Waals surface area (Å²) in [5.41, 5.74) is 11.4. The van der Waals surface area contributed by atoms with Crippen LogP contribution in [0.5, 0.6) is 0 Å². The Hall–Kier alpha value is -2.39. The molecule has 0 fully saturated rings. The van der Waals surface area contributed by atoms with Crippen molar-refractivity contribution >= 4 is 45.3 Å². The molecule has 0 heterocycles. The van der Waals surface area contributed by atoms with Crippen LogP contribution in [0, 0.1) is 28.3 Å². The maximum Gasteiger partial charge on any atom is 0.223 e. The van der Waals surface area contributed by atoms with Crippen LogP contribution >= 0.6 is 22.6 Å². The summed E-state index contributed by atoms with van der Waals surface area (Å²) in [5.74, 6) is -1.12. The minimum atomic E-state index is -0.560. The van der Waals surface area contributed by atoms with Crippen LogP contribution in [0.3, 0.4) is 0 Å². The van der Waals surface area contributed by atoms with Gasteiger partial charge in [0.2, 0.25) is 11.4 Å². The zero-order chi connectivity index (χ0) is 16.0. The number of hydrogen-bond acceptors (Lipinski definition) is 2. The molecule has 0 aliphatic carbocycles. The molecule has 0 saturated heterocycles. The Balaban J connectivity index is 0.000000211. The van der Waals surface area contributed by atoms with Gasteiger partial charge < -0.3 is 11.5 Å². The van der Waals surface area contributed by atoms with Gasteiger partial charge in [0.25, 0.3) is 0 Å². The Labute approximate surface area is 134 Å². The second-order valence-electron chi connectivity index (χ2n) is 3.76. The summed E-state index contributed by atoms with van der Waals surface area (Å²) >= 11 is 1.95. The predicted molar refractivity (Wildman–Crippen MR) is 86.9 cm³/mol. The Morgan fingerprint density at radius 2 is 1.48 bits per heavy atom. The van der Waals surface area contributed by atoms with Gasteiger partial charge in [-0.2, -0.15) is 0 Å². The molecule has 0 amide bonds. The van der Waals surface area contributed by atoms with Crippen LogP contribution < -0.4 is 11.5 Å². The van der Waals surface area contributed by atoms with E-state index < -0.39 is 11.6 Å². The molecule has 0 spiro atoms. The molecule has 0 bridgehead atoms. The number of benzene rings is 2. The number of halogens is 3. The summed E-state index contributed by atoms with van der Waals surface area (Å²) in [7, 11) is 0. The second kappa shape index (κ2) is 7.41. The van der Waals surface area contributed by atoms with Crippen LogP contribution in [0.1, 0.15) is 0 Å². The van der Waals surface area contributed by atoms with Gasteiger partial charge in [-0.1, -0.05) is 6.07 Å². The number of hydrogen-bond donors (Lipinski definition) is 2. The van der Waals surface area contributed by atoms with Gasteiger partial charge in [-0.3, -0.25) is 0 Å². The molecule has 0 atom stereocenters. The maximum absolute atomic E-state index is 12.7. The topological polar surface area (TPSA) is 60.8 Å². The third-order valence-corrected chi connectivity index (χ3v) is 3.21. The zero-order valence-corrected chi connectivity index (χ0v) is 12.7. The molecule has 0 radical (unpaired) electrons. The fourth-order valence-corrected chi connectivity index (χ4v) is 1.70. The van der Waals surface area contributed by atoms with Gasteiger partial charge in [0.15, 0.2) is 0 Å². The van der Waals surface area contributed by atoms with E-state index in [2.05, 4.69) is 9.69 Å². The van der Waals surface area contributed by atoms with E-state index in [1.165, 1.54) is 18.2 Å². The summed E-state index contributed by atoms with van der Waals surface area (Å²) in [5, 5.41) is 0. The molecule has 0 aliphatic rings. The predicted octanol–water partition coefficient (Wildman–Crippen LogP) is 4.52. The SMILES string of the molecule is [C-]#[N+]c1cc(I)c(N)cc1F.[C-]#[N+]c1ccc(N)cc1F. The minimum absolute atomic E-state index is 0.00852. The van der Waals surface area contributed by atoms with Crippen molar-refractivity contribution in [1.82, 2.24) is 0 Å². The standard InChI is InChI=1S/C7H4FIN2.C7H5FN2/c1-11-7-3-5(9)6(10)2-4(7)8;1-10-7-3-2-5(9)4-6(7)8/h2-3H,10H2;2-4H,9H2. The first-order valence-corrected chi connectivity index (χ1v) is 6.51. The molecule has 4 nitrogen and oxygen atoms in total.